The Hall–Kier alpha value is -0.820. The highest BCUT2D eigenvalue weighted by Crippen LogP contribution is 2.55. The first-order chi connectivity index (χ1) is 6.81. The Kier molecular flexibility index (Phi) is 1.72. The summed E-state index contributed by atoms with van der Waals surface area (Å²) in [5.74, 6) is 1.10. The zero-order valence-electron chi connectivity index (χ0n) is 7.50. The molecule has 14 heavy (non-hydrogen) atoms. The molecule has 2 aliphatic carbocycles. The molecule has 2 aliphatic rings. The first-order valence-corrected chi connectivity index (χ1v) is 5.79. The SMILES string of the molecule is N#Cc1cccc2c1[C@@H]1C[C@@H]2C=C1I. The lowest BCUT2D eigenvalue weighted by atomic mass is 9.93. The van der Waals surface area contributed by atoms with Gasteiger partial charge in [-0.25, -0.2) is 0 Å². The van der Waals surface area contributed by atoms with Crippen molar-refractivity contribution in [2.45, 2.75) is 18.3 Å². The first-order valence-electron chi connectivity index (χ1n) is 4.71. The van der Waals surface area contributed by atoms with E-state index >= 15 is 0 Å². The fraction of sp³-hybridized carbons (Fsp3) is 0.250. The Morgan fingerprint density at radius 2 is 2.29 bits per heavy atom. The minimum Gasteiger partial charge on any atom is -0.192 e. The topological polar surface area (TPSA) is 23.8 Å². The predicted molar refractivity (Wildman–Crippen MR) is 63.4 cm³/mol. The third-order valence-corrected chi connectivity index (χ3v) is 4.30. The van der Waals surface area contributed by atoms with E-state index in [4.69, 9.17) is 5.26 Å². The summed E-state index contributed by atoms with van der Waals surface area (Å²) < 4.78 is 1.42. The molecule has 0 N–H and O–H groups in total. The van der Waals surface area contributed by atoms with Crippen LogP contribution in [0.4, 0.5) is 0 Å². The molecule has 0 aliphatic heterocycles. The van der Waals surface area contributed by atoms with Crippen LogP contribution in [0.1, 0.15) is 34.9 Å². The monoisotopic (exact) mass is 293 g/mol. The van der Waals surface area contributed by atoms with Crippen LogP contribution >= 0.6 is 22.6 Å². The minimum atomic E-state index is 0.520. The molecule has 0 heterocycles. The second-order valence-electron chi connectivity index (χ2n) is 3.87. The predicted octanol–water partition coefficient (Wildman–Crippen LogP) is 3.46. The molecule has 0 saturated heterocycles. The van der Waals surface area contributed by atoms with Crippen LogP contribution in [0.25, 0.3) is 0 Å². The second kappa shape index (κ2) is 2.83. The number of nitriles is 1. The zero-order valence-corrected chi connectivity index (χ0v) is 9.65. The standard InChI is InChI=1S/C12H8IN/c13-11-5-8-4-10(11)12-7(6-14)2-1-3-9(8)12/h1-3,5,8,10H,4H2/t8-,10-/m1/s1. The normalized spacial score (nSPS) is 27.0. The van der Waals surface area contributed by atoms with E-state index < -0.39 is 0 Å². The van der Waals surface area contributed by atoms with Crippen molar-refractivity contribution >= 4 is 22.6 Å². The van der Waals surface area contributed by atoms with E-state index in [1.54, 1.807) is 0 Å². The zero-order chi connectivity index (χ0) is 9.71. The fourth-order valence-electron chi connectivity index (χ4n) is 2.61. The number of rotatable bonds is 0. The molecule has 1 nitrogen and oxygen atoms in total. The third kappa shape index (κ3) is 0.936. The fourth-order valence-corrected chi connectivity index (χ4v) is 3.61. The van der Waals surface area contributed by atoms with Crippen LogP contribution in [0.15, 0.2) is 27.9 Å². The Bertz CT molecular complexity index is 482. The molecule has 0 amide bonds. The van der Waals surface area contributed by atoms with Crippen molar-refractivity contribution in [3.8, 4) is 6.07 Å². The Morgan fingerprint density at radius 1 is 1.43 bits per heavy atom. The van der Waals surface area contributed by atoms with Crippen LogP contribution in [0.3, 0.4) is 0 Å². The van der Waals surface area contributed by atoms with Crippen molar-refractivity contribution < 1.29 is 0 Å². The molecule has 68 valence electrons. The summed E-state index contributed by atoms with van der Waals surface area (Å²) in [6, 6.07) is 8.40. The van der Waals surface area contributed by atoms with Gasteiger partial charge in [-0.1, -0.05) is 18.2 Å². The van der Waals surface area contributed by atoms with Crippen LogP contribution < -0.4 is 0 Å². The molecular weight excluding hydrogens is 285 g/mol. The summed E-state index contributed by atoms with van der Waals surface area (Å²) in [7, 11) is 0. The third-order valence-electron chi connectivity index (χ3n) is 3.19. The molecule has 3 rings (SSSR count). The van der Waals surface area contributed by atoms with Crippen LogP contribution in [0, 0.1) is 11.3 Å². The molecule has 1 aromatic carbocycles. The van der Waals surface area contributed by atoms with Gasteiger partial charge in [0.25, 0.3) is 0 Å². The van der Waals surface area contributed by atoms with Crippen molar-refractivity contribution in [3.63, 3.8) is 0 Å². The molecule has 0 aromatic heterocycles. The molecule has 2 heteroatoms. The average Bonchev–Trinajstić information content (AvgIpc) is 2.74. The summed E-state index contributed by atoms with van der Waals surface area (Å²) in [5, 5.41) is 9.04. The van der Waals surface area contributed by atoms with Gasteiger partial charge >= 0.3 is 0 Å². The lowest BCUT2D eigenvalue weighted by molar-refractivity contribution is 0.802. The van der Waals surface area contributed by atoms with E-state index in [2.05, 4.69) is 40.8 Å². The second-order valence-corrected chi connectivity index (χ2v) is 5.11. The van der Waals surface area contributed by atoms with Crippen molar-refractivity contribution in [1.82, 2.24) is 0 Å². The molecule has 0 radical (unpaired) electrons. The van der Waals surface area contributed by atoms with E-state index in [0.717, 1.165) is 5.56 Å². The van der Waals surface area contributed by atoms with E-state index in [1.807, 2.05) is 12.1 Å². The number of hydrogen-bond acceptors (Lipinski definition) is 1. The van der Waals surface area contributed by atoms with Gasteiger partial charge in [0, 0.05) is 11.8 Å². The number of halogens is 1. The molecule has 0 spiro atoms. The van der Waals surface area contributed by atoms with Gasteiger partial charge < -0.3 is 0 Å². The summed E-state index contributed by atoms with van der Waals surface area (Å²) in [4.78, 5) is 0. The van der Waals surface area contributed by atoms with Crippen LogP contribution in [-0.4, -0.2) is 0 Å². The molecule has 2 atom stereocenters. The van der Waals surface area contributed by atoms with Crippen molar-refractivity contribution in [2.75, 3.05) is 0 Å². The van der Waals surface area contributed by atoms with Gasteiger partial charge in [0.15, 0.2) is 0 Å². The maximum absolute atomic E-state index is 9.04. The average molecular weight is 293 g/mol. The van der Waals surface area contributed by atoms with Crippen molar-refractivity contribution in [1.29, 1.82) is 5.26 Å². The lowest BCUT2D eigenvalue weighted by Crippen LogP contribution is -1.98. The van der Waals surface area contributed by atoms with Gasteiger partial charge in [-0.15, -0.1) is 0 Å². The Labute approximate surface area is 96.6 Å². The number of allylic oxidation sites excluding steroid dienone is 2. The highest BCUT2D eigenvalue weighted by molar-refractivity contribution is 14.1. The maximum Gasteiger partial charge on any atom is 0.0994 e. The summed E-state index contributed by atoms with van der Waals surface area (Å²) in [5.41, 5.74) is 3.55. The lowest BCUT2D eigenvalue weighted by Gasteiger charge is -2.14. The number of nitrogens with zero attached hydrogens (tertiary/aromatic N) is 1. The number of fused-ring (bicyclic) bond motifs is 5. The van der Waals surface area contributed by atoms with E-state index in [0.29, 0.717) is 11.8 Å². The van der Waals surface area contributed by atoms with Crippen LogP contribution in [0.2, 0.25) is 0 Å². The summed E-state index contributed by atoms with van der Waals surface area (Å²) in [6.07, 6.45) is 3.53. The summed E-state index contributed by atoms with van der Waals surface area (Å²) in [6.45, 7) is 0. The van der Waals surface area contributed by atoms with Gasteiger partial charge in [0.1, 0.15) is 0 Å². The van der Waals surface area contributed by atoms with Gasteiger partial charge in [-0.3, -0.25) is 0 Å². The van der Waals surface area contributed by atoms with Gasteiger partial charge in [-0.2, -0.15) is 5.26 Å². The Balaban J connectivity index is 2.27. The minimum absolute atomic E-state index is 0.520. The molecule has 2 bridgehead atoms. The molecule has 0 unspecified atom stereocenters. The summed E-state index contributed by atoms with van der Waals surface area (Å²) >= 11 is 2.41. The highest BCUT2D eigenvalue weighted by Gasteiger charge is 2.38. The van der Waals surface area contributed by atoms with Gasteiger partial charge in [0.2, 0.25) is 0 Å². The quantitative estimate of drug-likeness (QED) is 0.672. The maximum atomic E-state index is 9.04. The molecule has 0 fully saturated rings. The Morgan fingerprint density at radius 3 is 3.07 bits per heavy atom. The smallest absolute Gasteiger partial charge is 0.0994 e. The van der Waals surface area contributed by atoms with Gasteiger partial charge in [0.05, 0.1) is 11.6 Å². The molecular formula is C12H8IN. The molecule has 0 saturated carbocycles. The van der Waals surface area contributed by atoms with Crippen LogP contribution in [-0.2, 0) is 0 Å². The largest absolute Gasteiger partial charge is 0.192 e. The van der Waals surface area contributed by atoms with Crippen molar-refractivity contribution in [2.24, 2.45) is 0 Å². The van der Waals surface area contributed by atoms with E-state index in [1.165, 1.54) is 21.1 Å². The number of hydrogen-bond donors (Lipinski definition) is 0. The molecule has 1 aromatic rings. The van der Waals surface area contributed by atoms with Gasteiger partial charge in [-0.05, 0) is 49.8 Å². The van der Waals surface area contributed by atoms with E-state index in [9.17, 15) is 0 Å². The van der Waals surface area contributed by atoms with Crippen molar-refractivity contribution in [3.05, 3.63) is 44.5 Å². The van der Waals surface area contributed by atoms with Crippen LogP contribution in [0.5, 0.6) is 0 Å². The van der Waals surface area contributed by atoms with E-state index in [-0.39, 0.29) is 0 Å². The number of benzene rings is 1. The highest BCUT2D eigenvalue weighted by atomic mass is 127. The first kappa shape index (κ1) is 8.49.